The van der Waals surface area contributed by atoms with Crippen LogP contribution in [-0.4, -0.2) is 73.7 Å². The molecule has 0 aliphatic rings. The average Bonchev–Trinajstić information content (AvgIpc) is 2.86. The van der Waals surface area contributed by atoms with Crippen LogP contribution in [0.3, 0.4) is 0 Å². The van der Waals surface area contributed by atoms with Crippen molar-refractivity contribution in [1.29, 1.82) is 0 Å². The van der Waals surface area contributed by atoms with Crippen LogP contribution in [0.2, 0.25) is 0 Å². The third-order valence-corrected chi connectivity index (χ3v) is 4.81. The summed E-state index contributed by atoms with van der Waals surface area (Å²) in [6, 6.07) is 1.85. The SMILES string of the molecule is COc1cc(C(=O)O)c([N+](=O)[O-])c(OC)c1OCCCOc1c(OC)cc(C(=O)O)c([N+](=O)[O-])c1OC. The lowest BCUT2D eigenvalue weighted by molar-refractivity contribution is -0.386. The Labute approximate surface area is 208 Å². The molecule has 2 N–H and O–H groups in total. The Bertz CT molecular complexity index is 1130. The highest BCUT2D eigenvalue weighted by molar-refractivity contribution is 5.96. The molecule has 0 unspecified atom stereocenters. The minimum absolute atomic E-state index is 0.0849. The lowest BCUT2D eigenvalue weighted by Gasteiger charge is -2.17. The third kappa shape index (κ3) is 5.80. The van der Waals surface area contributed by atoms with Crippen LogP contribution in [-0.2, 0) is 0 Å². The monoisotopic (exact) mass is 526 g/mol. The van der Waals surface area contributed by atoms with Crippen LogP contribution in [0.4, 0.5) is 11.4 Å². The molecule has 0 saturated heterocycles. The highest BCUT2D eigenvalue weighted by Gasteiger charge is 2.34. The first kappa shape index (κ1) is 28.2. The number of carboxylic acids is 2. The van der Waals surface area contributed by atoms with Crippen molar-refractivity contribution < 1.29 is 58.1 Å². The van der Waals surface area contributed by atoms with Gasteiger partial charge in [0, 0.05) is 18.6 Å². The zero-order valence-electron chi connectivity index (χ0n) is 20.0. The zero-order valence-corrected chi connectivity index (χ0v) is 20.0. The van der Waals surface area contributed by atoms with E-state index in [1.165, 1.54) is 14.2 Å². The van der Waals surface area contributed by atoms with Gasteiger partial charge < -0.3 is 38.6 Å². The number of nitro benzene ring substituents is 2. The number of rotatable bonds is 14. The highest BCUT2D eigenvalue weighted by Crippen LogP contribution is 2.48. The van der Waals surface area contributed by atoms with E-state index in [9.17, 15) is 40.0 Å². The smallest absolute Gasteiger partial charge is 0.343 e. The van der Waals surface area contributed by atoms with Crippen LogP contribution >= 0.6 is 0 Å². The van der Waals surface area contributed by atoms with Crippen molar-refractivity contribution >= 4 is 23.3 Å². The Morgan fingerprint density at radius 2 is 1.05 bits per heavy atom. The van der Waals surface area contributed by atoms with Gasteiger partial charge in [-0.25, -0.2) is 9.59 Å². The molecule has 37 heavy (non-hydrogen) atoms. The number of aromatic carboxylic acids is 2. The third-order valence-electron chi connectivity index (χ3n) is 4.81. The van der Waals surface area contributed by atoms with Gasteiger partial charge in [0.05, 0.1) is 51.5 Å². The molecule has 0 amide bonds. The van der Waals surface area contributed by atoms with Gasteiger partial charge in [0.1, 0.15) is 11.1 Å². The van der Waals surface area contributed by atoms with E-state index in [0.29, 0.717) is 0 Å². The van der Waals surface area contributed by atoms with Gasteiger partial charge in [-0.2, -0.15) is 0 Å². The summed E-state index contributed by atoms with van der Waals surface area (Å²) < 4.78 is 31.4. The van der Waals surface area contributed by atoms with Crippen LogP contribution in [0.5, 0.6) is 34.5 Å². The maximum atomic E-state index is 11.5. The number of methoxy groups -OCH3 is 4. The molecule has 16 heteroatoms. The normalized spacial score (nSPS) is 10.3. The number of hydrogen-bond donors (Lipinski definition) is 2. The second kappa shape index (κ2) is 12.1. The fourth-order valence-corrected chi connectivity index (χ4v) is 3.26. The molecule has 2 rings (SSSR count). The maximum absolute atomic E-state index is 11.5. The van der Waals surface area contributed by atoms with Gasteiger partial charge in [0.25, 0.3) is 0 Å². The van der Waals surface area contributed by atoms with Gasteiger partial charge >= 0.3 is 23.3 Å². The number of nitro groups is 2. The minimum atomic E-state index is -1.57. The molecule has 0 aromatic heterocycles. The standard InChI is InChI=1S/C21H22N2O14/c1-32-12-8-10(20(24)25)14(22(28)29)18(34-3)16(12)36-6-5-7-37-17-13(33-2)9-11(21(26)27)15(23(30)31)19(17)35-4/h8-9H,5-7H2,1-4H3,(H,24,25)(H,26,27). The topological polar surface area (TPSA) is 216 Å². The summed E-state index contributed by atoms with van der Waals surface area (Å²) >= 11 is 0. The summed E-state index contributed by atoms with van der Waals surface area (Å²) in [7, 11) is 4.59. The first-order valence-corrected chi connectivity index (χ1v) is 10.1. The molecule has 2 aromatic rings. The Kier molecular flexibility index (Phi) is 9.22. The molecule has 0 heterocycles. The summed E-state index contributed by atoms with van der Waals surface area (Å²) in [5.74, 6) is -4.80. The largest absolute Gasteiger partial charge is 0.493 e. The summed E-state index contributed by atoms with van der Waals surface area (Å²) in [5, 5.41) is 41.6. The van der Waals surface area contributed by atoms with Crippen LogP contribution in [0.1, 0.15) is 27.1 Å². The molecule has 0 spiro atoms. The minimum Gasteiger partial charge on any atom is -0.493 e. The van der Waals surface area contributed by atoms with E-state index in [0.717, 1.165) is 26.4 Å². The van der Waals surface area contributed by atoms with Crippen molar-refractivity contribution in [1.82, 2.24) is 0 Å². The van der Waals surface area contributed by atoms with Crippen LogP contribution < -0.4 is 28.4 Å². The molecule has 0 bridgehead atoms. The Morgan fingerprint density at radius 1 is 0.703 bits per heavy atom. The van der Waals surface area contributed by atoms with E-state index < -0.39 is 55.8 Å². The average molecular weight is 526 g/mol. The number of hydrogen-bond acceptors (Lipinski definition) is 12. The van der Waals surface area contributed by atoms with Crippen LogP contribution in [0.15, 0.2) is 12.1 Å². The molecule has 0 radical (unpaired) electrons. The van der Waals surface area contributed by atoms with Crippen molar-refractivity contribution in [2.45, 2.75) is 6.42 Å². The number of carboxylic acid groups (broad SMARTS) is 2. The Morgan fingerprint density at radius 3 is 1.30 bits per heavy atom. The fourth-order valence-electron chi connectivity index (χ4n) is 3.26. The van der Waals surface area contributed by atoms with E-state index in [1.807, 2.05) is 0 Å². The Balaban J connectivity index is 2.30. The van der Waals surface area contributed by atoms with Crippen LogP contribution in [0, 0.1) is 20.2 Å². The molecule has 0 fully saturated rings. The van der Waals surface area contributed by atoms with Crippen molar-refractivity contribution in [3.8, 4) is 34.5 Å². The predicted molar refractivity (Wildman–Crippen MR) is 122 cm³/mol. The summed E-state index contributed by atoms with van der Waals surface area (Å²) in [6.07, 6.45) is 0.0849. The zero-order chi connectivity index (χ0) is 27.9. The van der Waals surface area contributed by atoms with E-state index in [2.05, 4.69) is 0 Å². The number of ether oxygens (including phenoxy) is 6. The first-order chi connectivity index (χ1) is 17.5. The molecule has 0 saturated carbocycles. The van der Waals surface area contributed by atoms with Gasteiger partial charge in [-0.1, -0.05) is 0 Å². The molecule has 0 atom stereocenters. The van der Waals surface area contributed by atoms with Gasteiger partial charge in [-0.3, -0.25) is 20.2 Å². The summed E-state index contributed by atoms with van der Waals surface area (Å²) in [4.78, 5) is 44.1. The quantitative estimate of drug-likeness (QED) is 0.206. The number of carbonyl (C=O) groups is 2. The highest BCUT2D eigenvalue weighted by atomic mass is 16.6. The fraction of sp³-hybridized carbons (Fsp3) is 0.333. The molecular formula is C21H22N2O14. The van der Waals surface area contributed by atoms with E-state index in [1.54, 1.807) is 0 Å². The second-order valence-electron chi connectivity index (χ2n) is 6.85. The van der Waals surface area contributed by atoms with Gasteiger partial charge in [0.15, 0.2) is 11.5 Å². The molecule has 2 aromatic carbocycles. The second-order valence-corrected chi connectivity index (χ2v) is 6.85. The maximum Gasteiger partial charge on any atom is 0.343 e. The molecule has 200 valence electrons. The summed E-state index contributed by atoms with van der Waals surface area (Å²) in [6.45, 7) is -0.313. The van der Waals surface area contributed by atoms with Gasteiger partial charge in [-0.15, -0.1) is 0 Å². The van der Waals surface area contributed by atoms with Crippen molar-refractivity contribution in [3.05, 3.63) is 43.5 Å². The van der Waals surface area contributed by atoms with E-state index in [4.69, 9.17) is 28.4 Å². The predicted octanol–water partition coefficient (Wildman–Crippen LogP) is 2.78. The van der Waals surface area contributed by atoms with Crippen LogP contribution in [0.25, 0.3) is 0 Å². The van der Waals surface area contributed by atoms with E-state index >= 15 is 0 Å². The molecular weight excluding hydrogens is 504 g/mol. The molecule has 0 aliphatic heterocycles. The molecule has 16 nitrogen and oxygen atoms in total. The molecule has 0 aliphatic carbocycles. The lowest BCUT2D eigenvalue weighted by atomic mass is 10.1. The van der Waals surface area contributed by atoms with Gasteiger partial charge in [-0.05, 0) is 0 Å². The van der Waals surface area contributed by atoms with Gasteiger partial charge in [0.2, 0.25) is 23.0 Å². The lowest BCUT2D eigenvalue weighted by Crippen LogP contribution is -2.11. The van der Waals surface area contributed by atoms with Crippen molar-refractivity contribution in [3.63, 3.8) is 0 Å². The first-order valence-electron chi connectivity index (χ1n) is 10.1. The Hall–Kier alpha value is -5.02. The number of nitrogens with zero attached hydrogens (tertiary/aromatic N) is 2. The summed E-state index contributed by atoms with van der Waals surface area (Å²) in [5.41, 5.74) is -3.00. The van der Waals surface area contributed by atoms with Crippen molar-refractivity contribution in [2.24, 2.45) is 0 Å². The van der Waals surface area contributed by atoms with Crippen molar-refractivity contribution in [2.75, 3.05) is 41.7 Å². The number of benzene rings is 2. The van der Waals surface area contributed by atoms with E-state index in [-0.39, 0.29) is 42.6 Å².